The average Bonchev–Trinajstić information content (AvgIpc) is 2.28. The fourth-order valence-electron chi connectivity index (χ4n) is 1.50. The van der Waals surface area contributed by atoms with E-state index in [9.17, 15) is 13.6 Å². The molecule has 1 aromatic rings. The Morgan fingerprint density at radius 1 is 1.35 bits per heavy atom. The summed E-state index contributed by atoms with van der Waals surface area (Å²) in [6.45, 7) is 0. The molecule has 0 radical (unpaired) electrons. The van der Waals surface area contributed by atoms with Crippen molar-refractivity contribution in [2.45, 2.75) is 25.7 Å². The first kappa shape index (κ1) is 13.6. The highest BCUT2D eigenvalue weighted by Crippen LogP contribution is 2.13. The number of halogens is 2. The van der Waals surface area contributed by atoms with E-state index in [-0.39, 0.29) is 5.91 Å². The van der Waals surface area contributed by atoms with Crippen molar-refractivity contribution in [2.24, 2.45) is 5.84 Å². The van der Waals surface area contributed by atoms with E-state index in [1.165, 1.54) is 13.1 Å². The first-order valence-corrected chi connectivity index (χ1v) is 5.46. The fourth-order valence-corrected chi connectivity index (χ4v) is 1.50. The molecule has 2 N–H and O–H groups in total. The maximum absolute atomic E-state index is 13.2. The van der Waals surface area contributed by atoms with Crippen LogP contribution in [-0.4, -0.2) is 18.0 Å². The summed E-state index contributed by atoms with van der Waals surface area (Å²) in [6, 6.07) is 3.39. The Kier molecular flexibility index (Phi) is 5.03. The number of rotatable bonds is 5. The number of amides is 1. The Morgan fingerprint density at radius 3 is 2.71 bits per heavy atom. The molecule has 0 aliphatic heterocycles. The van der Waals surface area contributed by atoms with E-state index in [0.717, 1.165) is 17.1 Å². The van der Waals surface area contributed by atoms with E-state index in [2.05, 4.69) is 0 Å². The third-order valence-electron chi connectivity index (χ3n) is 2.49. The molecule has 17 heavy (non-hydrogen) atoms. The topological polar surface area (TPSA) is 46.3 Å². The third kappa shape index (κ3) is 4.48. The summed E-state index contributed by atoms with van der Waals surface area (Å²) < 4.78 is 26.1. The van der Waals surface area contributed by atoms with Gasteiger partial charge < -0.3 is 0 Å². The normalized spacial score (nSPS) is 10.4. The van der Waals surface area contributed by atoms with E-state index in [4.69, 9.17) is 5.84 Å². The van der Waals surface area contributed by atoms with Crippen molar-refractivity contribution in [2.75, 3.05) is 7.05 Å². The Labute approximate surface area is 99.2 Å². The van der Waals surface area contributed by atoms with Gasteiger partial charge in [-0.15, -0.1) is 0 Å². The Balaban J connectivity index is 2.36. The molecule has 0 saturated carbocycles. The zero-order valence-electron chi connectivity index (χ0n) is 9.75. The van der Waals surface area contributed by atoms with E-state index in [1.54, 1.807) is 0 Å². The van der Waals surface area contributed by atoms with E-state index in [1.807, 2.05) is 0 Å². The largest absolute Gasteiger partial charge is 0.284 e. The molecular weight excluding hydrogens is 226 g/mol. The van der Waals surface area contributed by atoms with E-state index >= 15 is 0 Å². The Hall–Kier alpha value is -1.49. The van der Waals surface area contributed by atoms with Crippen LogP contribution >= 0.6 is 0 Å². The van der Waals surface area contributed by atoms with Gasteiger partial charge in [-0.2, -0.15) is 0 Å². The quantitative estimate of drug-likeness (QED) is 0.371. The number of benzene rings is 1. The number of carbonyl (C=O) groups excluding carboxylic acids is 1. The van der Waals surface area contributed by atoms with Crippen molar-refractivity contribution in [3.63, 3.8) is 0 Å². The smallest absolute Gasteiger partial charge is 0.236 e. The van der Waals surface area contributed by atoms with Crippen molar-refractivity contribution in [3.05, 3.63) is 35.4 Å². The molecule has 0 heterocycles. The number of hydrogen-bond acceptors (Lipinski definition) is 2. The summed E-state index contributed by atoms with van der Waals surface area (Å²) in [4.78, 5) is 11.1. The van der Waals surface area contributed by atoms with Gasteiger partial charge in [0.05, 0.1) is 0 Å². The first-order valence-electron chi connectivity index (χ1n) is 5.46. The molecule has 94 valence electrons. The highest BCUT2D eigenvalue weighted by atomic mass is 19.1. The summed E-state index contributed by atoms with van der Waals surface area (Å²) in [5.74, 6) is 4.23. The van der Waals surface area contributed by atoms with Crippen LogP contribution in [0.25, 0.3) is 0 Å². The molecule has 0 atom stereocenters. The molecule has 0 fully saturated rings. The van der Waals surface area contributed by atoms with Gasteiger partial charge in [-0.3, -0.25) is 9.80 Å². The van der Waals surface area contributed by atoms with Crippen molar-refractivity contribution in [1.29, 1.82) is 0 Å². The van der Waals surface area contributed by atoms with Crippen LogP contribution in [0.4, 0.5) is 8.78 Å². The predicted molar refractivity (Wildman–Crippen MR) is 60.9 cm³/mol. The maximum Gasteiger partial charge on any atom is 0.236 e. The number of nitrogens with zero attached hydrogens (tertiary/aromatic N) is 1. The molecule has 1 aromatic carbocycles. The Morgan fingerprint density at radius 2 is 2.06 bits per heavy atom. The van der Waals surface area contributed by atoms with Gasteiger partial charge in [0.1, 0.15) is 11.6 Å². The van der Waals surface area contributed by atoms with E-state index < -0.39 is 11.6 Å². The second kappa shape index (κ2) is 6.30. The molecule has 3 nitrogen and oxygen atoms in total. The Bertz CT molecular complexity index is 394. The number of hydrazine groups is 1. The number of unbranched alkanes of at least 4 members (excludes halogenated alkanes) is 1. The molecule has 0 aliphatic rings. The lowest BCUT2D eigenvalue weighted by atomic mass is 10.1. The van der Waals surface area contributed by atoms with Crippen LogP contribution in [0.1, 0.15) is 24.8 Å². The zero-order valence-corrected chi connectivity index (χ0v) is 9.75. The lowest BCUT2D eigenvalue weighted by Gasteiger charge is -2.09. The minimum absolute atomic E-state index is 0.162. The van der Waals surface area contributed by atoms with Gasteiger partial charge in [0, 0.05) is 13.5 Å². The van der Waals surface area contributed by atoms with Gasteiger partial charge in [-0.1, -0.05) is 0 Å². The van der Waals surface area contributed by atoms with Gasteiger partial charge in [-0.05, 0) is 43.0 Å². The number of aryl methyl sites for hydroxylation is 1. The van der Waals surface area contributed by atoms with Crippen molar-refractivity contribution in [1.82, 2.24) is 5.01 Å². The lowest BCUT2D eigenvalue weighted by Crippen LogP contribution is -2.32. The van der Waals surface area contributed by atoms with Crippen LogP contribution < -0.4 is 5.84 Å². The van der Waals surface area contributed by atoms with Crippen molar-refractivity contribution >= 4 is 5.91 Å². The molecule has 0 aromatic heterocycles. The monoisotopic (exact) mass is 242 g/mol. The molecule has 1 amide bonds. The molecule has 0 saturated heterocycles. The van der Waals surface area contributed by atoms with Gasteiger partial charge in [0.15, 0.2) is 0 Å². The second-order valence-corrected chi connectivity index (χ2v) is 3.95. The summed E-state index contributed by atoms with van der Waals surface area (Å²) in [5.41, 5.74) is 0.346. The number of nitrogens with two attached hydrogens (primary N) is 1. The zero-order chi connectivity index (χ0) is 12.8. The molecule has 0 spiro atoms. The highest BCUT2D eigenvalue weighted by Gasteiger charge is 2.06. The number of carbonyl (C=O) groups is 1. The summed E-state index contributed by atoms with van der Waals surface area (Å²) in [7, 11) is 1.48. The third-order valence-corrected chi connectivity index (χ3v) is 2.49. The molecular formula is C12H16F2N2O. The van der Waals surface area contributed by atoms with Crippen molar-refractivity contribution < 1.29 is 13.6 Å². The SMILES string of the molecule is CN(N)C(=O)CCCCc1cc(F)ccc1F. The van der Waals surface area contributed by atoms with Crippen LogP contribution in [0.3, 0.4) is 0 Å². The van der Waals surface area contributed by atoms with Crippen LogP contribution in [0, 0.1) is 11.6 Å². The van der Waals surface area contributed by atoms with Gasteiger partial charge >= 0.3 is 0 Å². The predicted octanol–water partition coefficient (Wildman–Crippen LogP) is 2.01. The highest BCUT2D eigenvalue weighted by molar-refractivity contribution is 5.75. The molecule has 0 bridgehead atoms. The molecule has 0 unspecified atom stereocenters. The van der Waals surface area contributed by atoms with Crippen LogP contribution in [0.2, 0.25) is 0 Å². The van der Waals surface area contributed by atoms with Crippen LogP contribution in [0.5, 0.6) is 0 Å². The standard InChI is InChI=1S/C12H16F2N2O/c1-16(15)12(17)5-3-2-4-9-8-10(13)6-7-11(9)14/h6-8H,2-5,15H2,1H3. The van der Waals surface area contributed by atoms with Crippen LogP contribution in [-0.2, 0) is 11.2 Å². The molecule has 5 heteroatoms. The minimum Gasteiger partial charge on any atom is -0.284 e. The van der Waals surface area contributed by atoms with Gasteiger partial charge in [0.2, 0.25) is 5.91 Å². The van der Waals surface area contributed by atoms with Gasteiger partial charge in [0.25, 0.3) is 0 Å². The van der Waals surface area contributed by atoms with E-state index in [0.29, 0.717) is 31.2 Å². The van der Waals surface area contributed by atoms with Gasteiger partial charge in [-0.25, -0.2) is 14.6 Å². The van der Waals surface area contributed by atoms with Crippen LogP contribution in [0.15, 0.2) is 18.2 Å². The summed E-state index contributed by atoms with van der Waals surface area (Å²) in [6.07, 6.45) is 1.98. The minimum atomic E-state index is -0.445. The maximum atomic E-state index is 13.2. The second-order valence-electron chi connectivity index (χ2n) is 3.95. The average molecular weight is 242 g/mol. The lowest BCUT2D eigenvalue weighted by molar-refractivity contribution is -0.130. The fraction of sp³-hybridized carbons (Fsp3) is 0.417. The first-order chi connectivity index (χ1) is 8.00. The summed E-state index contributed by atoms with van der Waals surface area (Å²) >= 11 is 0. The number of hydrogen-bond donors (Lipinski definition) is 1. The summed E-state index contributed by atoms with van der Waals surface area (Å²) in [5, 5.41) is 1.03. The van der Waals surface area contributed by atoms with Crippen molar-refractivity contribution in [3.8, 4) is 0 Å². The molecule has 1 rings (SSSR count). The molecule has 0 aliphatic carbocycles.